The Bertz CT molecular complexity index is 542. The molecule has 0 atom stereocenters. The Morgan fingerprint density at radius 1 is 1.35 bits per heavy atom. The minimum absolute atomic E-state index is 0.231. The maximum atomic E-state index is 11.5. The first kappa shape index (κ1) is 14.6. The molecule has 20 heavy (non-hydrogen) atoms. The lowest BCUT2D eigenvalue weighted by molar-refractivity contribution is -0.140. The van der Waals surface area contributed by atoms with Gasteiger partial charge in [0.2, 0.25) is 5.16 Å². The SMILES string of the molecule is Cc1nc(SCC(=O)OCCCc2ccccc2)n[nH]1. The fourth-order valence-corrected chi connectivity index (χ4v) is 2.30. The predicted octanol–water partition coefficient (Wildman–Crippen LogP) is 2.38. The zero-order chi connectivity index (χ0) is 14.2. The van der Waals surface area contributed by atoms with Crippen LogP contribution in [-0.2, 0) is 16.0 Å². The molecular weight excluding hydrogens is 274 g/mol. The summed E-state index contributed by atoms with van der Waals surface area (Å²) in [5.41, 5.74) is 1.26. The lowest BCUT2D eigenvalue weighted by atomic mass is 10.1. The zero-order valence-corrected chi connectivity index (χ0v) is 12.2. The summed E-state index contributed by atoms with van der Waals surface area (Å²) in [6, 6.07) is 10.2. The van der Waals surface area contributed by atoms with E-state index in [4.69, 9.17) is 4.74 Å². The molecular formula is C14H17N3O2S. The van der Waals surface area contributed by atoms with Crippen molar-refractivity contribution < 1.29 is 9.53 Å². The number of thioether (sulfide) groups is 1. The molecule has 106 valence electrons. The van der Waals surface area contributed by atoms with Crippen molar-refractivity contribution in [2.75, 3.05) is 12.4 Å². The van der Waals surface area contributed by atoms with E-state index in [2.05, 4.69) is 27.3 Å². The first-order chi connectivity index (χ1) is 9.74. The van der Waals surface area contributed by atoms with E-state index in [-0.39, 0.29) is 11.7 Å². The third-order valence-electron chi connectivity index (χ3n) is 2.61. The van der Waals surface area contributed by atoms with Gasteiger partial charge in [0.05, 0.1) is 12.4 Å². The van der Waals surface area contributed by atoms with Crippen LogP contribution >= 0.6 is 11.8 Å². The van der Waals surface area contributed by atoms with Crippen molar-refractivity contribution in [3.05, 3.63) is 41.7 Å². The van der Waals surface area contributed by atoms with Crippen molar-refractivity contribution in [1.82, 2.24) is 15.2 Å². The van der Waals surface area contributed by atoms with E-state index in [1.165, 1.54) is 17.3 Å². The average Bonchev–Trinajstić information content (AvgIpc) is 2.88. The summed E-state index contributed by atoms with van der Waals surface area (Å²) in [7, 11) is 0. The van der Waals surface area contributed by atoms with E-state index >= 15 is 0 Å². The number of aromatic amines is 1. The lowest BCUT2D eigenvalue weighted by Crippen LogP contribution is -2.09. The molecule has 0 unspecified atom stereocenters. The van der Waals surface area contributed by atoms with E-state index in [0.29, 0.717) is 11.8 Å². The van der Waals surface area contributed by atoms with Gasteiger partial charge >= 0.3 is 5.97 Å². The van der Waals surface area contributed by atoms with Gasteiger partial charge in [-0.2, -0.15) is 0 Å². The number of H-pyrrole nitrogens is 1. The second-order valence-electron chi connectivity index (χ2n) is 4.30. The highest BCUT2D eigenvalue weighted by Crippen LogP contribution is 2.12. The van der Waals surface area contributed by atoms with E-state index in [0.717, 1.165) is 18.7 Å². The molecule has 0 bridgehead atoms. The second kappa shape index (κ2) is 7.69. The molecule has 0 aliphatic rings. The molecule has 0 radical (unpaired) electrons. The first-order valence-electron chi connectivity index (χ1n) is 6.45. The van der Waals surface area contributed by atoms with Crippen LogP contribution < -0.4 is 0 Å². The van der Waals surface area contributed by atoms with Gasteiger partial charge in [-0.15, -0.1) is 5.10 Å². The van der Waals surface area contributed by atoms with Gasteiger partial charge in [-0.3, -0.25) is 9.89 Å². The third-order valence-corrected chi connectivity index (χ3v) is 3.43. The van der Waals surface area contributed by atoms with Crippen molar-refractivity contribution >= 4 is 17.7 Å². The number of nitrogens with one attached hydrogen (secondary N) is 1. The monoisotopic (exact) mass is 291 g/mol. The van der Waals surface area contributed by atoms with Gasteiger partial charge in [0.15, 0.2) is 0 Å². The third kappa shape index (κ3) is 5.05. The summed E-state index contributed by atoms with van der Waals surface area (Å²) in [6.07, 6.45) is 1.75. The van der Waals surface area contributed by atoms with E-state index in [1.807, 2.05) is 25.1 Å². The number of benzene rings is 1. The molecule has 0 amide bonds. The number of hydrogen-bond acceptors (Lipinski definition) is 5. The number of nitrogens with zero attached hydrogens (tertiary/aromatic N) is 2. The van der Waals surface area contributed by atoms with Gasteiger partial charge in [-0.05, 0) is 25.3 Å². The predicted molar refractivity (Wildman–Crippen MR) is 77.6 cm³/mol. The molecule has 0 saturated heterocycles. The van der Waals surface area contributed by atoms with Gasteiger partial charge in [0.25, 0.3) is 0 Å². The van der Waals surface area contributed by atoms with Crippen molar-refractivity contribution in [1.29, 1.82) is 0 Å². The molecule has 1 aromatic carbocycles. The Kier molecular flexibility index (Phi) is 5.61. The number of aromatic nitrogens is 3. The number of hydrogen-bond donors (Lipinski definition) is 1. The summed E-state index contributed by atoms with van der Waals surface area (Å²) < 4.78 is 5.17. The topological polar surface area (TPSA) is 67.9 Å². The summed E-state index contributed by atoms with van der Waals surface area (Å²) in [5, 5.41) is 7.24. The molecule has 2 rings (SSSR count). The van der Waals surface area contributed by atoms with Gasteiger partial charge in [0, 0.05) is 0 Å². The summed E-state index contributed by atoms with van der Waals surface area (Å²) in [6.45, 7) is 2.26. The minimum Gasteiger partial charge on any atom is -0.465 e. The highest BCUT2D eigenvalue weighted by molar-refractivity contribution is 7.99. The number of aryl methyl sites for hydroxylation is 2. The molecule has 0 fully saturated rings. The number of ether oxygens (including phenoxy) is 1. The number of carbonyl (C=O) groups is 1. The molecule has 6 heteroatoms. The van der Waals surface area contributed by atoms with E-state index < -0.39 is 0 Å². The molecule has 0 saturated carbocycles. The fourth-order valence-electron chi connectivity index (χ4n) is 1.66. The normalized spacial score (nSPS) is 10.4. The Morgan fingerprint density at radius 3 is 2.85 bits per heavy atom. The van der Waals surface area contributed by atoms with Crippen molar-refractivity contribution in [2.45, 2.75) is 24.9 Å². The van der Waals surface area contributed by atoms with Gasteiger partial charge in [-0.1, -0.05) is 42.1 Å². The van der Waals surface area contributed by atoms with Crippen LogP contribution in [0.15, 0.2) is 35.5 Å². The van der Waals surface area contributed by atoms with E-state index in [9.17, 15) is 4.79 Å². The van der Waals surface area contributed by atoms with Crippen molar-refractivity contribution in [2.24, 2.45) is 0 Å². The minimum atomic E-state index is -0.231. The van der Waals surface area contributed by atoms with Gasteiger partial charge in [-0.25, -0.2) is 4.98 Å². The van der Waals surface area contributed by atoms with Crippen molar-refractivity contribution in [3.8, 4) is 0 Å². The van der Waals surface area contributed by atoms with Crippen LogP contribution in [0, 0.1) is 6.92 Å². The fraction of sp³-hybridized carbons (Fsp3) is 0.357. The van der Waals surface area contributed by atoms with Crippen LogP contribution in [0.25, 0.3) is 0 Å². The van der Waals surface area contributed by atoms with Crippen LogP contribution in [0.1, 0.15) is 17.8 Å². The zero-order valence-electron chi connectivity index (χ0n) is 11.3. The number of esters is 1. The largest absolute Gasteiger partial charge is 0.465 e. The van der Waals surface area contributed by atoms with E-state index in [1.54, 1.807) is 0 Å². The Labute approximate surface area is 122 Å². The quantitative estimate of drug-likeness (QED) is 0.482. The Hall–Kier alpha value is -1.82. The Balaban J connectivity index is 1.58. The maximum Gasteiger partial charge on any atom is 0.316 e. The molecule has 1 heterocycles. The van der Waals surface area contributed by atoms with Crippen LogP contribution in [0.5, 0.6) is 0 Å². The smallest absolute Gasteiger partial charge is 0.316 e. The van der Waals surface area contributed by atoms with Crippen LogP contribution in [0.2, 0.25) is 0 Å². The van der Waals surface area contributed by atoms with Gasteiger partial charge in [0.1, 0.15) is 5.82 Å². The molecule has 0 spiro atoms. The number of rotatable bonds is 7. The molecule has 1 N–H and O–H groups in total. The van der Waals surface area contributed by atoms with Crippen LogP contribution in [0.3, 0.4) is 0 Å². The molecule has 2 aromatic rings. The van der Waals surface area contributed by atoms with Gasteiger partial charge < -0.3 is 4.74 Å². The standard InChI is InChI=1S/C14H17N3O2S/c1-11-15-14(17-16-11)20-10-13(18)19-9-5-8-12-6-3-2-4-7-12/h2-4,6-7H,5,8-10H2,1H3,(H,15,16,17). The van der Waals surface area contributed by atoms with Crippen molar-refractivity contribution in [3.63, 3.8) is 0 Å². The molecule has 5 nitrogen and oxygen atoms in total. The summed E-state index contributed by atoms with van der Waals surface area (Å²) in [4.78, 5) is 15.6. The Morgan fingerprint density at radius 2 is 2.15 bits per heavy atom. The maximum absolute atomic E-state index is 11.5. The lowest BCUT2D eigenvalue weighted by Gasteiger charge is -2.04. The highest BCUT2D eigenvalue weighted by Gasteiger charge is 2.07. The molecule has 0 aliphatic heterocycles. The highest BCUT2D eigenvalue weighted by atomic mass is 32.2. The number of carbonyl (C=O) groups excluding carboxylic acids is 1. The second-order valence-corrected chi connectivity index (χ2v) is 5.24. The van der Waals surface area contributed by atoms with Crippen LogP contribution in [-0.4, -0.2) is 33.5 Å². The summed E-state index contributed by atoms with van der Waals surface area (Å²) in [5.74, 6) is 0.747. The molecule has 1 aromatic heterocycles. The average molecular weight is 291 g/mol. The molecule has 0 aliphatic carbocycles. The summed E-state index contributed by atoms with van der Waals surface area (Å²) >= 11 is 1.28. The first-order valence-corrected chi connectivity index (χ1v) is 7.44. The van der Waals surface area contributed by atoms with Crippen LogP contribution in [0.4, 0.5) is 0 Å².